The van der Waals surface area contributed by atoms with Crippen molar-refractivity contribution in [1.82, 2.24) is 25.5 Å². The topological polar surface area (TPSA) is 92.7 Å². The Kier molecular flexibility index (Phi) is 5.42. The number of hydrogen-bond donors (Lipinski definition) is 2. The van der Waals surface area contributed by atoms with Gasteiger partial charge < -0.3 is 10.6 Å². The van der Waals surface area contributed by atoms with Gasteiger partial charge >= 0.3 is 0 Å². The highest BCUT2D eigenvalue weighted by molar-refractivity contribution is 7.25. The molecule has 9 heteroatoms. The molecule has 4 aromatic rings. The standard InChI is InChI=1S/C23H23FN6OS/c1-12-13(2)29-30-23-18(12)19-20(32-23)21(27-11-26-19)25-10-14-7-8-17(24)16(9-14)22(31)28-15-5-3-4-6-15/h7-9,11,15H,3-6,10H2,1-2H3,(H,28,31)(H,25,26,27). The quantitative estimate of drug-likeness (QED) is 0.459. The van der Waals surface area contributed by atoms with Gasteiger partial charge in [0.05, 0.1) is 21.5 Å². The van der Waals surface area contributed by atoms with E-state index in [1.807, 2.05) is 13.8 Å². The minimum atomic E-state index is -0.511. The Morgan fingerprint density at radius 1 is 1.19 bits per heavy atom. The first-order valence-corrected chi connectivity index (χ1v) is 11.5. The first kappa shape index (κ1) is 20.7. The highest BCUT2D eigenvalue weighted by atomic mass is 32.1. The summed E-state index contributed by atoms with van der Waals surface area (Å²) >= 11 is 1.49. The van der Waals surface area contributed by atoms with Gasteiger partial charge in [-0.15, -0.1) is 16.4 Å². The molecule has 1 aliphatic rings. The number of rotatable bonds is 5. The van der Waals surface area contributed by atoms with E-state index >= 15 is 0 Å². The maximum Gasteiger partial charge on any atom is 0.254 e. The van der Waals surface area contributed by atoms with Gasteiger partial charge in [-0.25, -0.2) is 14.4 Å². The molecule has 3 heterocycles. The minimum Gasteiger partial charge on any atom is -0.365 e. The van der Waals surface area contributed by atoms with Crippen molar-refractivity contribution in [2.45, 2.75) is 52.1 Å². The summed E-state index contributed by atoms with van der Waals surface area (Å²) in [4.78, 5) is 22.3. The van der Waals surface area contributed by atoms with Crippen LogP contribution in [0.3, 0.4) is 0 Å². The van der Waals surface area contributed by atoms with Crippen LogP contribution < -0.4 is 10.6 Å². The second kappa shape index (κ2) is 8.38. The summed E-state index contributed by atoms with van der Waals surface area (Å²) in [7, 11) is 0. The van der Waals surface area contributed by atoms with E-state index < -0.39 is 5.82 Å². The minimum absolute atomic E-state index is 0.0762. The van der Waals surface area contributed by atoms with E-state index in [2.05, 4.69) is 30.8 Å². The van der Waals surface area contributed by atoms with Crippen LogP contribution in [0.15, 0.2) is 24.5 Å². The van der Waals surface area contributed by atoms with Gasteiger partial charge in [0.1, 0.15) is 22.8 Å². The maximum absolute atomic E-state index is 14.3. The number of aryl methyl sites for hydroxylation is 2. The molecule has 1 amide bonds. The van der Waals surface area contributed by atoms with E-state index in [9.17, 15) is 9.18 Å². The van der Waals surface area contributed by atoms with Gasteiger partial charge in [-0.2, -0.15) is 5.10 Å². The zero-order chi connectivity index (χ0) is 22.2. The zero-order valence-electron chi connectivity index (χ0n) is 17.9. The first-order chi connectivity index (χ1) is 15.5. The molecule has 32 heavy (non-hydrogen) atoms. The third-order valence-corrected chi connectivity index (χ3v) is 7.16. The lowest BCUT2D eigenvalue weighted by atomic mass is 10.1. The second-order valence-electron chi connectivity index (χ2n) is 8.22. The highest BCUT2D eigenvalue weighted by Gasteiger charge is 2.20. The van der Waals surface area contributed by atoms with Crippen molar-refractivity contribution in [3.05, 3.63) is 52.7 Å². The molecule has 1 aliphatic carbocycles. The fourth-order valence-electron chi connectivity index (χ4n) is 4.18. The number of aromatic nitrogens is 4. The van der Waals surface area contributed by atoms with Crippen LogP contribution in [-0.2, 0) is 6.54 Å². The Morgan fingerprint density at radius 2 is 2.00 bits per heavy atom. The third kappa shape index (κ3) is 3.77. The summed E-state index contributed by atoms with van der Waals surface area (Å²) in [5, 5.41) is 15.8. The molecule has 0 saturated heterocycles. The van der Waals surface area contributed by atoms with Crippen LogP contribution in [0, 0.1) is 19.7 Å². The molecule has 0 atom stereocenters. The summed E-state index contributed by atoms with van der Waals surface area (Å²) < 4.78 is 15.2. The van der Waals surface area contributed by atoms with Gasteiger partial charge in [0.2, 0.25) is 0 Å². The third-order valence-electron chi connectivity index (χ3n) is 6.09. The van der Waals surface area contributed by atoms with Crippen LogP contribution in [-0.4, -0.2) is 32.1 Å². The monoisotopic (exact) mass is 450 g/mol. The van der Waals surface area contributed by atoms with Crippen LogP contribution >= 0.6 is 11.3 Å². The molecule has 2 N–H and O–H groups in total. The summed E-state index contributed by atoms with van der Waals surface area (Å²) in [6, 6.07) is 4.77. The van der Waals surface area contributed by atoms with E-state index in [0.717, 1.165) is 62.9 Å². The van der Waals surface area contributed by atoms with E-state index in [1.165, 1.54) is 23.7 Å². The molecule has 1 aromatic carbocycles. The van der Waals surface area contributed by atoms with Crippen LogP contribution in [0.25, 0.3) is 20.4 Å². The van der Waals surface area contributed by atoms with Crippen LogP contribution in [0.5, 0.6) is 0 Å². The lowest BCUT2D eigenvalue weighted by molar-refractivity contribution is 0.0933. The summed E-state index contributed by atoms with van der Waals surface area (Å²) in [6.07, 6.45) is 5.64. The Bertz CT molecular complexity index is 1330. The number of amides is 1. The van der Waals surface area contributed by atoms with Gasteiger partial charge in [0, 0.05) is 18.0 Å². The fourth-order valence-corrected chi connectivity index (χ4v) is 5.28. The number of halogens is 1. The van der Waals surface area contributed by atoms with Gasteiger partial charge in [-0.05, 0) is 49.9 Å². The van der Waals surface area contributed by atoms with Crippen molar-refractivity contribution in [2.24, 2.45) is 0 Å². The first-order valence-electron chi connectivity index (χ1n) is 10.7. The number of carbonyl (C=O) groups is 1. The van der Waals surface area contributed by atoms with Crippen molar-refractivity contribution in [3.63, 3.8) is 0 Å². The maximum atomic E-state index is 14.3. The van der Waals surface area contributed by atoms with Crippen molar-refractivity contribution in [3.8, 4) is 0 Å². The Morgan fingerprint density at radius 3 is 2.81 bits per heavy atom. The van der Waals surface area contributed by atoms with Gasteiger partial charge in [-0.1, -0.05) is 18.9 Å². The molecule has 1 saturated carbocycles. The Hall–Kier alpha value is -3.20. The lowest BCUT2D eigenvalue weighted by Gasteiger charge is -2.13. The molecule has 1 fully saturated rings. The molecular weight excluding hydrogens is 427 g/mol. The van der Waals surface area contributed by atoms with Gasteiger partial charge in [0.15, 0.2) is 0 Å². The molecule has 7 nitrogen and oxygen atoms in total. The number of benzene rings is 1. The smallest absolute Gasteiger partial charge is 0.254 e. The molecule has 3 aromatic heterocycles. The average molecular weight is 451 g/mol. The number of thiophene rings is 1. The second-order valence-corrected chi connectivity index (χ2v) is 9.21. The SMILES string of the molecule is Cc1nnc2sc3c(NCc4ccc(F)c(C(=O)NC5CCCC5)c4)ncnc3c2c1C. The van der Waals surface area contributed by atoms with Crippen molar-refractivity contribution < 1.29 is 9.18 Å². The Balaban J connectivity index is 1.40. The number of anilines is 1. The highest BCUT2D eigenvalue weighted by Crippen LogP contribution is 2.36. The average Bonchev–Trinajstić information content (AvgIpc) is 3.43. The molecule has 0 spiro atoms. The van der Waals surface area contributed by atoms with Crippen molar-refractivity contribution in [1.29, 1.82) is 0 Å². The number of hydrogen-bond acceptors (Lipinski definition) is 7. The van der Waals surface area contributed by atoms with E-state index in [4.69, 9.17) is 0 Å². The zero-order valence-corrected chi connectivity index (χ0v) is 18.7. The summed E-state index contributed by atoms with van der Waals surface area (Å²) in [5.74, 6) is -0.187. The number of nitrogens with one attached hydrogen (secondary N) is 2. The number of fused-ring (bicyclic) bond motifs is 3. The number of carbonyl (C=O) groups excluding carboxylic acids is 1. The van der Waals surface area contributed by atoms with Crippen molar-refractivity contribution >= 4 is 43.5 Å². The van der Waals surface area contributed by atoms with Gasteiger partial charge in [0.25, 0.3) is 5.91 Å². The fraction of sp³-hybridized carbons (Fsp3) is 0.348. The van der Waals surface area contributed by atoms with Crippen LogP contribution in [0.1, 0.15) is 52.9 Å². The van der Waals surface area contributed by atoms with Crippen molar-refractivity contribution in [2.75, 3.05) is 5.32 Å². The van der Waals surface area contributed by atoms with E-state index in [-0.39, 0.29) is 17.5 Å². The molecule has 5 rings (SSSR count). The molecule has 0 aliphatic heterocycles. The van der Waals surface area contributed by atoms with E-state index in [0.29, 0.717) is 12.4 Å². The lowest BCUT2D eigenvalue weighted by Crippen LogP contribution is -2.33. The van der Waals surface area contributed by atoms with E-state index in [1.54, 1.807) is 12.1 Å². The largest absolute Gasteiger partial charge is 0.365 e. The predicted molar refractivity (Wildman–Crippen MR) is 123 cm³/mol. The molecule has 0 radical (unpaired) electrons. The van der Waals surface area contributed by atoms with Gasteiger partial charge in [-0.3, -0.25) is 4.79 Å². The molecule has 0 bridgehead atoms. The Labute approximate surface area is 188 Å². The molecular formula is C23H23FN6OS. The number of nitrogens with zero attached hydrogens (tertiary/aromatic N) is 4. The summed E-state index contributed by atoms with van der Waals surface area (Å²) in [6.45, 7) is 4.35. The van der Waals surface area contributed by atoms with Crippen LogP contribution in [0.4, 0.5) is 10.2 Å². The molecule has 0 unspecified atom stereocenters. The molecule has 164 valence electrons. The predicted octanol–water partition coefficient (Wildman–Crippen LogP) is 4.67. The summed E-state index contributed by atoms with van der Waals surface area (Å²) in [5.41, 5.74) is 3.64. The normalized spacial score (nSPS) is 14.3. The van der Waals surface area contributed by atoms with Crippen LogP contribution in [0.2, 0.25) is 0 Å².